The number of amides is 2. The van der Waals surface area contributed by atoms with Crippen LogP contribution in [0.25, 0.3) is 0 Å². The third-order valence-electron chi connectivity index (χ3n) is 4.37. The summed E-state index contributed by atoms with van der Waals surface area (Å²) < 4.78 is 0. The number of aryl methyl sites for hydroxylation is 1. The lowest BCUT2D eigenvalue weighted by atomic mass is 10.1. The van der Waals surface area contributed by atoms with E-state index in [-0.39, 0.29) is 17.9 Å². The van der Waals surface area contributed by atoms with Crippen molar-refractivity contribution < 1.29 is 9.59 Å². The number of carbonyl (C=O) groups is 2. The third kappa shape index (κ3) is 2.52. The molecule has 2 amide bonds. The monoisotopic (exact) mass is 343 g/mol. The first-order chi connectivity index (χ1) is 11.7. The van der Waals surface area contributed by atoms with E-state index >= 15 is 0 Å². The van der Waals surface area contributed by atoms with E-state index in [4.69, 9.17) is 0 Å². The fourth-order valence-electron chi connectivity index (χ4n) is 3.19. The maximum atomic E-state index is 12.4. The van der Waals surface area contributed by atoms with Crippen molar-refractivity contribution in [3.05, 3.63) is 28.8 Å². The van der Waals surface area contributed by atoms with Crippen molar-refractivity contribution in [1.29, 1.82) is 0 Å². The van der Waals surface area contributed by atoms with Gasteiger partial charge in [-0.05, 0) is 37.5 Å². The van der Waals surface area contributed by atoms with Gasteiger partial charge in [-0.15, -0.1) is 10.2 Å². The van der Waals surface area contributed by atoms with E-state index in [2.05, 4.69) is 25.7 Å². The second kappa shape index (κ2) is 5.86. The van der Waals surface area contributed by atoms with Crippen LogP contribution in [0.2, 0.25) is 0 Å². The Balaban J connectivity index is 1.57. The van der Waals surface area contributed by atoms with Crippen molar-refractivity contribution in [2.75, 3.05) is 22.1 Å². The van der Waals surface area contributed by atoms with Crippen LogP contribution in [0.1, 0.15) is 35.1 Å². The first-order valence-electron chi connectivity index (χ1n) is 8.01. The van der Waals surface area contributed by atoms with Gasteiger partial charge in [-0.25, -0.2) is 0 Å². The minimum atomic E-state index is -0.255. The minimum absolute atomic E-state index is 0.00858. The van der Waals surface area contributed by atoms with Crippen molar-refractivity contribution in [2.24, 2.45) is 0 Å². The number of benzene rings is 1. The quantitative estimate of drug-likeness (QED) is 0.893. The molecular weight excluding hydrogens is 326 g/mol. The van der Waals surface area contributed by atoms with E-state index in [0.717, 1.165) is 36.5 Å². The summed E-state index contributed by atoms with van der Waals surface area (Å²) in [5, 5.41) is 15.0. The summed E-state index contributed by atoms with van der Waals surface area (Å²) in [5.41, 5.74) is 2.16. The van der Waals surface area contributed by atoms with E-state index in [1.165, 1.54) is 11.3 Å². The number of rotatable bonds is 3. The van der Waals surface area contributed by atoms with Gasteiger partial charge >= 0.3 is 0 Å². The van der Waals surface area contributed by atoms with Crippen LogP contribution in [0.5, 0.6) is 0 Å². The van der Waals surface area contributed by atoms with Crippen molar-refractivity contribution in [3.63, 3.8) is 0 Å². The molecule has 1 atom stereocenters. The van der Waals surface area contributed by atoms with E-state index in [1.807, 2.05) is 13.0 Å². The molecule has 0 saturated carbocycles. The lowest BCUT2D eigenvalue weighted by molar-refractivity contribution is -0.117. The Morgan fingerprint density at radius 1 is 1.46 bits per heavy atom. The first kappa shape index (κ1) is 15.1. The summed E-state index contributed by atoms with van der Waals surface area (Å²) >= 11 is 1.37. The van der Waals surface area contributed by atoms with E-state index in [1.54, 1.807) is 12.1 Å². The van der Waals surface area contributed by atoms with Gasteiger partial charge in [-0.1, -0.05) is 18.3 Å². The molecule has 0 radical (unpaired) electrons. The summed E-state index contributed by atoms with van der Waals surface area (Å²) in [7, 11) is 0. The molecule has 3 heterocycles. The zero-order chi connectivity index (χ0) is 16.7. The number of hydrogen-bond donors (Lipinski definition) is 2. The highest BCUT2D eigenvalue weighted by Crippen LogP contribution is 2.37. The van der Waals surface area contributed by atoms with E-state index in [0.29, 0.717) is 16.4 Å². The van der Waals surface area contributed by atoms with Crippen LogP contribution in [-0.4, -0.2) is 34.6 Å². The molecule has 24 heavy (non-hydrogen) atoms. The Morgan fingerprint density at radius 2 is 2.33 bits per heavy atom. The molecule has 4 rings (SSSR count). The molecule has 1 fully saturated rings. The predicted molar refractivity (Wildman–Crippen MR) is 92.7 cm³/mol. The molecule has 124 valence electrons. The average Bonchev–Trinajstić information content (AvgIpc) is 3.23. The summed E-state index contributed by atoms with van der Waals surface area (Å²) in [6.07, 6.45) is 2.68. The summed E-state index contributed by atoms with van der Waals surface area (Å²) in [5.74, 6) is -0.247. The summed E-state index contributed by atoms with van der Waals surface area (Å²) in [6.45, 7) is 2.87. The Morgan fingerprint density at radius 3 is 3.12 bits per heavy atom. The molecule has 2 N–H and O–H groups in total. The van der Waals surface area contributed by atoms with Gasteiger partial charge in [0.15, 0.2) is 0 Å². The molecule has 2 aliphatic rings. The average molecular weight is 343 g/mol. The number of nitrogens with one attached hydrogen (secondary N) is 2. The Kier molecular flexibility index (Phi) is 3.68. The highest BCUT2D eigenvalue weighted by Gasteiger charge is 2.36. The van der Waals surface area contributed by atoms with Crippen LogP contribution in [0.4, 0.5) is 16.5 Å². The molecular formula is C16H17N5O2S. The predicted octanol–water partition coefficient (Wildman–Crippen LogP) is 2.27. The van der Waals surface area contributed by atoms with E-state index < -0.39 is 0 Å². The molecule has 0 aliphatic carbocycles. The van der Waals surface area contributed by atoms with Crippen molar-refractivity contribution >= 4 is 39.7 Å². The van der Waals surface area contributed by atoms with Crippen LogP contribution in [-0.2, 0) is 11.2 Å². The van der Waals surface area contributed by atoms with Gasteiger partial charge in [-0.3, -0.25) is 14.9 Å². The van der Waals surface area contributed by atoms with E-state index in [9.17, 15) is 9.59 Å². The molecule has 2 aromatic rings. The fourth-order valence-corrected chi connectivity index (χ4v) is 3.86. The van der Waals surface area contributed by atoms with Crippen LogP contribution in [0.3, 0.4) is 0 Å². The van der Waals surface area contributed by atoms with Gasteiger partial charge < -0.3 is 10.2 Å². The number of fused-ring (bicyclic) bond motifs is 3. The Bertz CT molecular complexity index is 819. The highest BCUT2D eigenvalue weighted by atomic mass is 32.1. The summed E-state index contributed by atoms with van der Waals surface area (Å²) in [4.78, 5) is 26.7. The lowest BCUT2D eigenvalue weighted by Crippen LogP contribution is -2.43. The molecule has 1 unspecified atom stereocenters. The van der Waals surface area contributed by atoms with Crippen LogP contribution >= 0.6 is 11.3 Å². The van der Waals surface area contributed by atoms with Crippen LogP contribution in [0, 0.1) is 0 Å². The molecule has 1 aromatic heterocycles. The second-order valence-electron chi connectivity index (χ2n) is 5.88. The van der Waals surface area contributed by atoms with Gasteiger partial charge in [0.25, 0.3) is 5.91 Å². The molecule has 0 bridgehead atoms. The summed E-state index contributed by atoms with van der Waals surface area (Å²) in [6, 6.07) is 5.33. The zero-order valence-corrected chi connectivity index (χ0v) is 14.0. The number of anilines is 3. The highest BCUT2D eigenvalue weighted by molar-refractivity contribution is 7.15. The normalized spacial score (nSPS) is 18.8. The smallest absolute Gasteiger partial charge is 0.257 e. The fraction of sp³-hybridized carbons (Fsp3) is 0.375. The van der Waals surface area contributed by atoms with Crippen LogP contribution < -0.4 is 15.5 Å². The molecule has 2 aliphatic heterocycles. The van der Waals surface area contributed by atoms with Crippen LogP contribution in [0.15, 0.2) is 18.2 Å². The molecule has 8 heteroatoms. The standard InChI is InChI=1S/C16H17N5O2S/c1-2-13-19-20-16(24-13)18-14(22)9-5-6-11-10(8-9)17-15(23)12-4-3-7-21(11)12/h5-6,8,12H,2-4,7H2,1H3,(H,17,23)(H,18,20,22). The molecule has 0 spiro atoms. The largest absolute Gasteiger partial charge is 0.358 e. The number of carbonyl (C=O) groups excluding carboxylic acids is 2. The molecule has 1 saturated heterocycles. The van der Waals surface area contributed by atoms with Gasteiger partial charge in [0, 0.05) is 12.1 Å². The van der Waals surface area contributed by atoms with Crippen molar-refractivity contribution in [1.82, 2.24) is 10.2 Å². The maximum absolute atomic E-state index is 12.4. The SMILES string of the molecule is CCc1nnc(NC(=O)c2ccc3c(c2)NC(=O)C2CCCN32)s1. The molecule has 1 aromatic carbocycles. The number of aromatic nitrogens is 2. The van der Waals surface area contributed by atoms with Crippen molar-refractivity contribution in [3.8, 4) is 0 Å². The van der Waals surface area contributed by atoms with Gasteiger partial charge in [0.1, 0.15) is 11.0 Å². The Labute approximate surface area is 143 Å². The number of hydrogen-bond acceptors (Lipinski definition) is 6. The first-order valence-corrected chi connectivity index (χ1v) is 8.82. The van der Waals surface area contributed by atoms with Gasteiger partial charge in [-0.2, -0.15) is 0 Å². The lowest BCUT2D eigenvalue weighted by Gasteiger charge is -2.33. The van der Waals surface area contributed by atoms with Gasteiger partial charge in [0.05, 0.1) is 11.4 Å². The zero-order valence-electron chi connectivity index (χ0n) is 13.2. The second-order valence-corrected chi connectivity index (χ2v) is 6.94. The molecule has 7 nitrogen and oxygen atoms in total. The topological polar surface area (TPSA) is 87.2 Å². The number of nitrogens with zero attached hydrogens (tertiary/aromatic N) is 3. The minimum Gasteiger partial charge on any atom is -0.358 e. The Hall–Kier alpha value is -2.48. The van der Waals surface area contributed by atoms with Crippen molar-refractivity contribution in [2.45, 2.75) is 32.2 Å². The van der Waals surface area contributed by atoms with Gasteiger partial charge in [0.2, 0.25) is 11.0 Å². The third-order valence-corrected chi connectivity index (χ3v) is 5.35. The maximum Gasteiger partial charge on any atom is 0.257 e.